The fourth-order valence-electron chi connectivity index (χ4n) is 4.75. The van der Waals surface area contributed by atoms with Crippen molar-refractivity contribution >= 4 is 16.9 Å². The van der Waals surface area contributed by atoms with Crippen LogP contribution >= 0.6 is 0 Å². The maximum atomic E-state index is 13.3. The first kappa shape index (κ1) is 18.1. The van der Waals surface area contributed by atoms with Crippen LogP contribution in [0.4, 0.5) is 0 Å². The first-order chi connectivity index (χ1) is 14.2. The zero-order valence-electron chi connectivity index (χ0n) is 16.3. The lowest BCUT2D eigenvalue weighted by atomic mass is 9.94. The van der Waals surface area contributed by atoms with Crippen LogP contribution in [0.5, 0.6) is 0 Å². The molecule has 3 saturated heterocycles. The van der Waals surface area contributed by atoms with Gasteiger partial charge in [0.1, 0.15) is 5.58 Å². The molecule has 0 aliphatic carbocycles. The van der Waals surface area contributed by atoms with Gasteiger partial charge in [0, 0.05) is 38.3 Å². The Bertz CT molecular complexity index is 1090. The molecule has 2 aromatic carbocycles. The molecule has 3 aromatic rings. The van der Waals surface area contributed by atoms with Crippen LogP contribution in [0.2, 0.25) is 0 Å². The number of fused-ring (bicyclic) bond motifs is 5. The van der Waals surface area contributed by atoms with Gasteiger partial charge < -0.3 is 9.32 Å². The maximum Gasteiger partial charge on any atom is 0.290 e. The van der Waals surface area contributed by atoms with Gasteiger partial charge in [-0.15, -0.1) is 0 Å². The normalized spacial score (nSPS) is 22.0. The second kappa shape index (κ2) is 7.48. The zero-order chi connectivity index (χ0) is 19.8. The van der Waals surface area contributed by atoms with E-state index in [0.29, 0.717) is 16.9 Å². The number of piperidine rings is 1. The van der Waals surface area contributed by atoms with E-state index in [2.05, 4.69) is 29.2 Å². The number of nitrogens with zero attached hydrogens (tertiary/aromatic N) is 2. The van der Waals surface area contributed by atoms with Crippen LogP contribution in [-0.2, 0) is 6.54 Å². The Morgan fingerprint density at radius 3 is 2.62 bits per heavy atom. The van der Waals surface area contributed by atoms with Gasteiger partial charge in [-0.3, -0.25) is 14.5 Å². The van der Waals surface area contributed by atoms with Gasteiger partial charge in [-0.2, -0.15) is 0 Å². The van der Waals surface area contributed by atoms with Crippen LogP contribution in [-0.4, -0.2) is 41.4 Å². The zero-order valence-corrected chi connectivity index (χ0v) is 16.3. The molecule has 148 valence electrons. The third kappa shape index (κ3) is 3.58. The number of hydrogen-bond acceptors (Lipinski definition) is 4. The SMILES string of the molecule is O=C(c1cc(=O)c2ccccc2o1)N1C[C@H]2CC[C@@H]1CN(Cc1ccccc1)C2. The standard InChI is InChI=1S/C24H24N2O3/c27-21-12-23(29-22-9-5-4-8-20(21)22)24(28)26-15-18-10-11-19(26)16-25(14-18)13-17-6-2-1-3-7-17/h1-9,12,18-19H,10-11,13-16H2/t18-,19+/m0/s1. The second-order valence-corrected chi connectivity index (χ2v) is 8.21. The van der Waals surface area contributed by atoms with E-state index in [1.807, 2.05) is 17.0 Å². The smallest absolute Gasteiger partial charge is 0.290 e. The van der Waals surface area contributed by atoms with Crippen molar-refractivity contribution in [2.24, 2.45) is 5.92 Å². The number of rotatable bonds is 3. The Morgan fingerprint density at radius 2 is 1.76 bits per heavy atom. The van der Waals surface area contributed by atoms with Crippen LogP contribution in [0.15, 0.2) is 69.9 Å². The molecule has 0 spiro atoms. The summed E-state index contributed by atoms with van der Waals surface area (Å²) in [6.07, 6.45) is 2.14. The summed E-state index contributed by atoms with van der Waals surface area (Å²) in [5.41, 5.74) is 1.60. The molecule has 4 heterocycles. The Morgan fingerprint density at radius 1 is 0.966 bits per heavy atom. The third-order valence-corrected chi connectivity index (χ3v) is 6.14. The van der Waals surface area contributed by atoms with Crippen molar-refractivity contribution in [3.8, 4) is 0 Å². The van der Waals surface area contributed by atoms with E-state index >= 15 is 0 Å². The van der Waals surface area contributed by atoms with Gasteiger partial charge in [-0.05, 0) is 36.5 Å². The van der Waals surface area contributed by atoms with Gasteiger partial charge in [0.25, 0.3) is 5.91 Å². The molecule has 2 bridgehead atoms. The van der Waals surface area contributed by atoms with Crippen LogP contribution < -0.4 is 5.43 Å². The Hall–Kier alpha value is -2.92. The van der Waals surface area contributed by atoms with Crippen LogP contribution in [0.3, 0.4) is 0 Å². The van der Waals surface area contributed by atoms with Gasteiger partial charge in [-0.1, -0.05) is 42.5 Å². The topological polar surface area (TPSA) is 53.8 Å². The lowest BCUT2D eigenvalue weighted by molar-refractivity contribution is 0.0553. The monoisotopic (exact) mass is 388 g/mol. The predicted molar refractivity (Wildman–Crippen MR) is 112 cm³/mol. The van der Waals surface area contributed by atoms with Crippen LogP contribution in [0, 0.1) is 5.92 Å². The van der Waals surface area contributed by atoms with Crippen molar-refractivity contribution in [1.82, 2.24) is 9.80 Å². The van der Waals surface area contributed by atoms with E-state index in [0.717, 1.165) is 39.0 Å². The molecule has 29 heavy (non-hydrogen) atoms. The molecule has 6 rings (SSSR count). The van der Waals surface area contributed by atoms with Crippen molar-refractivity contribution in [3.63, 3.8) is 0 Å². The molecule has 5 nitrogen and oxygen atoms in total. The maximum absolute atomic E-state index is 13.3. The Labute approximate surface area is 169 Å². The Kier molecular flexibility index (Phi) is 4.68. The van der Waals surface area contributed by atoms with Gasteiger partial charge in [0.2, 0.25) is 0 Å². The summed E-state index contributed by atoms with van der Waals surface area (Å²) in [7, 11) is 0. The highest BCUT2D eigenvalue weighted by atomic mass is 16.3. The summed E-state index contributed by atoms with van der Waals surface area (Å²) in [5, 5.41) is 0.510. The van der Waals surface area contributed by atoms with Crippen LogP contribution in [0.1, 0.15) is 29.0 Å². The number of benzene rings is 2. The molecule has 2 atom stereocenters. The van der Waals surface area contributed by atoms with Crippen LogP contribution in [0.25, 0.3) is 11.0 Å². The van der Waals surface area contributed by atoms with E-state index in [4.69, 9.17) is 4.42 Å². The molecular weight excluding hydrogens is 364 g/mol. The van der Waals surface area contributed by atoms with E-state index in [-0.39, 0.29) is 23.1 Å². The van der Waals surface area contributed by atoms with Crippen molar-refractivity contribution < 1.29 is 9.21 Å². The predicted octanol–water partition coefficient (Wildman–Crippen LogP) is 3.53. The van der Waals surface area contributed by atoms with Crippen molar-refractivity contribution in [1.29, 1.82) is 0 Å². The summed E-state index contributed by atoms with van der Waals surface area (Å²) >= 11 is 0. The number of amides is 1. The van der Waals surface area contributed by atoms with Crippen molar-refractivity contribution in [2.75, 3.05) is 19.6 Å². The van der Waals surface area contributed by atoms with Crippen molar-refractivity contribution in [3.05, 3.63) is 82.2 Å². The summed E-state index contributed by atoms with van der Waals surface area (Å²) < 4.78 is 5.82. The van der Waals surface area contributed by atoms with E-state index < -0.39 is 0 Å². The van der Waals surface area contributed by atoms with E-state index in [9.17, 15) is 9.59 Å². The summed E-state index contributed by atoms with van der Waals surface area (Å²) in [6.45, 7) is 3.48. The van der Waals surface area contributed by atoms with E-state index in [1.54, 1.807) is 18.2 Å². The fourth-order valence-corrected chi connectivity index (χ4v) is 4.75. The first-order valence-corrected chi connectivity index (χ1v) is 10.3. The molecule has 5 heteroatoms. The van der Waals surface area contributed by atoms with Gasteiger partial charge in [0.05, 0.1) is 5.39 Å². The minimum Gasteiger partial charge on any atom is -0.451 e. The largest absolute Gasteiger partial charge is 0.451 e. The fraction of sp³-hybridized carbons (Fsp3) is 0.333. The molecule has 0 saturated carbocycles. The molecule has 1 amide bonds. The van der Waals surface area contributed by atoms with E-state index in [1.165, 1.54) is 11.6 Å². The first-order valence-electron chi connectivity index (χ1n) is 10.3. The minimum absolute atomic E-state index is 0.149. The second-order valence-electron chi connectivity index (χ2n) is 8.21. The Balaban J connectivity index is 1.39. The highest BCUT2D eigenvalue weighted by Crippen LogP contribution is 2.30. The molecule has 0 unspecified atom stereocenters. The van der Waals surface area contributed by atoms with Gasteiger partial charge >= 0.3 is 0 Å². The summed E-state index contributed by atoms with van der Waals surface area (Å²) in [5.74, 6) is 0.438. The quantitative estimate of drug-likeness (QED) is 0.689. The molecular formula is C24H24N2O3. The van der Waals surface area contributed by atoms with Gasteiger partial charge in [0.15, 0.2) is 11.2 Å². The average molecular weight is 388 g/mol. The number of hydrogen-bond donors (Lipinski definition) is 0. The van der Waals surface area contributed by atoms with Crippen molar-refractivity contribution in [2.45, 2.75) is 25.4 Å². The molecule has 3 aliphatic rings. The molecule has 1 aromatic heterocycles. The number of carbonyl (C=O) groups is 1. The molecule has 3 aliphatic heterocycles. The average Bonchev–Trinajstić information content (AvgIpc) is 3.04. The highest BCUT2D eigenvalue weighted by Gasteiger charge is 2.38. The lowest BCUT2D eigenvalue weighted by Crippen LogP contribution is -2.47. The molecule has 0 radical (unpaired) electrons. The lowest BCUT2D eigenvalue weighted by Gasteiger charge is -2.35. The summed E-state index contributed by atoms with van der Waals surface area (Å²) in [4.78, 5) is 30.1. The van der Waals surface area contributed by atoms with Gasteiger partial charge in [-0.25, -0.2) is 0 Å². The highest BCUT2D eigenvalue weighted by molar-refractivity contribution is 5.93. The molecule has 3 fully saturated rings. The third-order valence-electron chi connectivity index (χ3n) is 6.14. The number of carbonyl (C=O) groups excluding carboxylic acids is 1. The minimum atomic E-state index is -0.166. The summed E-state index contributed by atoms with van der Waals surface area (Å²) in [6, 6.07) is 19.1. The molecule has 0 N–H and O–H groups in total. The number of para-hydroxylation sites is 1.